The number of ether oxygens (including phenoxy) is 1. The molecular formula is C23H32N4OS. The number of aromatic nitrogens is 1. The molecule has 2 rings (SSSR count). The van der Waals surface area contributed by atoms with Gasteiger partial charge in [-0.2, -0.15) is 9.64 Å². The zero-order chi connectivity index (χ0) is 22.0. The van der Waals surface area contributed by atoms with E-state index in [9.17, 15) is 5.26 Å². The Bertz CT molecular complexity index is 939. The molecule has 0 radical (unpaired) electrons. The lowest BCUT2D eigenvalue weighted by Crippen LogP contribution is -2.15. The second kappa shape index (κ2) is 8.54. The van der Waals surface area contributed by atoms with Crippen LogP contribution in [0, 0.1) is 18.3 Å². The Morgan fingerprint density at radius 1 is 1.21 bits per heavy atom. The van der Waals surface area contributed by atoms with Gasteiger partial charge >= 0.3 is 0 Å². The lowest BCUT2D eigenvalue weighted by atomic mass is 9.85. The van der Waals surface area contributed by atoms with Crippen LogP contribution in [-0.4, -0.2) is 29.2 Å². The van der Waals surface area contributed by atoms with E-state index in [0.717, 1.165) is 34.8 Å². The summed E-state index contributed by atoms with van der Waals surface area (Å²) in [5.41, 5.74) is 3.92. The predicted molar refractivity (Wildman–Crippen MR) is 122 cm³/mol. The normalized spacial score (nSPS) is 12.3. The maximum Gasteiger partial charge on any atom is 0.218 e. The largest absolute Gasteiger partial charge is 0.443 e. The molecule has 1 aromatic carbocycles. The van der Waals surface area contributed by atoms with Gasteiger partial charge in [-0.3, -0.25) is 0 Å². The number of hydrogen-bond acceptors (Lipinski definition) is 5. The third-order valence-electron chi connectivity index (χ3n) is 4.68. The fraction of sp³-hybridized carbons (Fsp3) is 0.522. The summed E-state index contributed by atoms with van der Waals surface area (Å²) >= 11 is 1.24. The Balaban J connectivity index is 2.54. The van der Waals surface area contributed by atoms with Gasteiger partial charge in [0.05, 0.1) is 17.7 Å². The van der Waals surface area contributed by atoms with Crippen molar-refractivity contribution in [1.82, 2.24) is 9.27 Å². The molecule has 0 unspecified atom stereocenters. The zero-order valence-electron chi connectivity index (χ0n) is 19.0. The van der Waals surface area contributed by atoms with Crippen molar-refractivity contribution in [2.45, 2.75) is 66.2 Å². The molecule has 0 N–H and O–H groups in total. The molecule has 0 spiro atoms. The topological polar surface area (TPSA) is 61.5 Å². The third kappa shape index (κ3) is 5.36. The van der Waals surface area contributed by atoms with Gasteiger partial charge in [0.15, 0.2) is 0 Å². The highest BCUT2D eigenvalue weighted by atomic mass is 32.1. The van der Waals surface area contributed by atoms with E-state index in [1.165, 1.54) is 11.5 Å². The van der Waals surface area contributed by atoms with Crippen molar-refractivity contribution >= 4 is 23.6 Å². The summed E-state index contributed by atoms with van der Waals surface area (Å²) in [4.78, 5) is 6.69. The van der Waals surface area contributed by atoms with E-state index in [1.54, 1.807) is 0 Å². The van der Waals surface area contributed by atoms with Crippen molar-refractivity contribution in [2.24, 2.45) is 4.99 Å². The first-order valence-corrected chi connectivity index (χ1v) is 10.6. The van der Waals surface area contributed by atoms with Crippen molar-refractivity contribution in [3.63, 3.8) is 0 Å². The van der Waals surface area contributed by atoms with Crippen LogP contribution in [0.1, 0.15) is 70.9 Å². The molecular weight excluding hydrogens is 380 g/mol. The SMILES string of the molecule is CCN(C)/C=N\c1cc(C(C)(C)C)c(Oc2snc(C(C)(C)C)c2C#N)cc1C. The molecule has 6 heteroatoms. The van der Waals surface area contributed by atoms with Crippen molar-refractivity contribution in [1.29, 1.82) is 5.26 Å². The quantitative estimate of drug-likeness (QED) is 0.426. The van der Waals surface area contributed by atoms with E-state index in [-0.39, 0.29) is 10.8 Å². The number of hydrogen-bond donors (Lipinski definition) is 0. The van der Waals surface area contributed by atoms with Crippen LogP contribution in [0.2, 0.25) is 0 Å². The van der Waals surface area contributed by atoms with Crippen LogP contribution < -0.4 is 4.74 Å². The van der Waals surface area contributed by atoms with Crippen LogP contribution in [0.25, 0.3) is 0 Å². The van der Waals surface area contributed by atoms with E-state index < -0.39 is 0 Å². The molecule has 2 aromatic rings. The van der Waals surface area contributed by atoms with Crippen LogP contribution in [0.15, 0.2) is 17.1 Å². The van der Waals surface area contributed by atoms with Gasteiger partial charge in [-0.25, -0.2) is 4.99 Å². The average Bonchev–Trinajstić information content (AvgIpc) is 3.02. The van der Waals surface area contributed by atoms with Crippen molar-refractivity contribution in [2.75, 3.05) is 13.6 Å². The lowest BCUT2D eigenvalue weighted by Gasteiger charge is -2.24. The standard InChI is InChI=1S/C23H32N4OS/c1-10-27(9)14-25-18-12-17(22(3,4)5)19(11-15(18)2)28-21-16(13-24)20(26-29-21)23(6,7)8/h11-12,14H,10H2,1-9H3/b25-14-. The summed E-state index contributed by atoms with van der Waals surface area (Å²) in [6.45, 7) is 17.6. The molecule has 0 aliphatic heterocycles. The van der Waals surface area contributed by atoms with Crippen LogP contribution in [0.3, 0.4) is 0 Å². The monoisotopic (exact) mass is 412 g/mol. The molecule has 0 saturated heterocycles. The van der Waals surface area contributed by atoms with E-state index >= 15 is 0 Å². The molecule has 0 bridgehead atoms. The number of aliphatic imine (C=N–C) groups is 1. The summed E-state index contributed by atoms with van der Waals surface area (Å²) in [5, 5.41) is 10.3. The summed E-state index contributed by atoms with van der Waals surface area (Å²) in [6.07, 6.45) is 1.85. The second-order valence-electron chi connectivity index (χ2n) is 9.36. The number of nitrogens with zero attached hydrogens (tertiary/aromatic N) is 4. The van der Waals surface area contributed by atoms with Gasteiger partial charge in [0.25, 0.3) is 0 Å². The Kier molecular flexibility index (Phi) is 6.74. The third-order valence-corrected chi connectivity index (χ3v) is 5.41. The summed E-state index contributed by atoms with van der Waals surface area (Å²) in [6, 6.07) is 6.38. The second-order valence-corrected chi connectivity index (χ2v) is 10.1. The first-order valence-electron chi connectivity index (χ1n) is 9.86. The summed E-state index contributed by atoms with van der Waals surface area (Å²) in [7, 11) is 2.00. The van der Waals surface area contributed by atoms with Crippen molar-refractivity contribution in [3.8, 4) is 16.9 Å². The molecule has 0 aliphatic carbocycles. The average molecular weight is 413 g/mol. The van der Waals surface area contributed by atoms with Gasteiger partial charge in [-0.15, -0.1) is 0 Å². The highest BCUT2D eigenvalue weighted by Gasteiger charge is 2.27. The van der Waals surface area contributed by atoms with Crippen LogP contribution >= 0.6 is 11.5 Å². The summed E-state index contributed by atoms with van der Waals surface area (Å²) in [5.74, 6) is 0.749. The number of benzene rings is 1. The Hall–Kier alpha value is -2.39. The van der Waals surface area contributed by atoms with Gasteiger partial charge in [0.1, 0.15) is 17.4 Å². The van der Waals surface area contributed by atoms with Crippen molar-refractivity contribution in [3.05, 3.63) is 34.5 Å². The molecule has 1 aromatic heterocycles. The van der Waals surface area contributed by atoms with Gasteiger partial charge in [-0.05, 0) is 37.0 Å². The zero-order valence-corrected chi connectivity index (χ0v) is 19.9. The molecule has 0 amide bonds. The maximum atomic E-state index is 9.72. The van der Waals surface area contributed by atoms with E-state index in [0.29, 0.717) is 10.6 Å². The van der Waals surface area contributed by atoms with E-state index in [1.807, 2.05) is 31.3 Å². The number of nitriles is 1. The van der Waals surface area contributed by atoms with E-state index in [4.69, 9.17) is 4.74 Å². The molecule has 29 heavy (non-hydrogen) atoms. The Labute approximate surface area is 179 Å². The molecule has 0 aliphatic rings. The minimum Gasteiger partial charge on any atom is -0.443 e. The Morgan fingerprint density at radius 2 is 1.86 bits per heavy atom. The van der Waals surface area contributed by atoms with Crippen LogP contribution in [0.5, 0.6) is 10.8 Å². The minimum absolute atomic E-state index is 0.145. The highest BCUT2D eigenvalue weighted by Crippen LogP contribution is 2.42. The predicted octanol–water partition coefficient (Wildman–Crippen LogP) is 6.32. The molecule has 156 valence electrons. The van der Waals surface area contributed by atoms with Crippen LogP contribution in [-0.2, 0) is 10.8 Å². The number of rotatable bonds is 5. The summed E-state index contributed by atoms with van der Waals surface area (Å²) < 4.78 is 10.8. The highest BCUT2D eigenvalue weighted by molar-refractivity contribution is 7.08. The van der Waals surface area contributed by atoms with E-state index in [2.05, 4.69) is 70.0 Å². The van der Waals surface area contributed by atoms with Crippen LogP contribution in [0.4, 0.5) is 5.69 Å². The fourth-order valence-electron chi connectivity index (χ4n) is 2.78. The molecule has 0 fully saturated rings. The molecule has 0 saturated carbocycles. The fourth-order valence-corrected chi connectivity index (χ4v) is 3.68. The van der Waals surface area contributed by atoms with Crippen molar-refractivity contribution < 1.29 is 4.74 Å². The first kappa shape index (κ1) is 22.9. The molecule has 0 atom stereocenters. The maximum absolute atomic E-state index is 9.72. The number of aryl methyl sites for hydroxylation is 1. The lowest BCUT2D eigenvalue weighted by molar-refractivity contribution is 0.462. The first-order chi connectivity index (χ1) is 13.4. The minimum atomic E-state index is -0.212. The van der Waals surface area contributed by atoms with Gasteiger partial charge in [0.2, 0.25) is 5.06 Å². The van der Waals surface area contributed by atoms with Gasteiger partial charge in [0, 0.05) is 36.1 Å². The molecule has 5 nitrogen and oxygen atoms in total. The Morgan fingerprint density at radius 3 is 2.38 bits per heavy atom. The van der Waals surface area contributed by atoms with Gasteiger partial charge < -0.3 is 9.64 Å². The smallest absolute Gasteiger partial charge is 0.218 e. The molecule has 1 heterocycles. The van der Waals surface area contributed by atoms with Gasteiger partial charge in [-0.1, -0.05) is 41.5 Å².